The van der Waals surface area contributed by atoms with Crippen molar-refractivity contribution in [3.05, 3.63) is 0 Å². The van der Waals surface area contributed by atoms with Crippen LogP contribution in [0.3, 0.4) is 0 Å². The number of halogens is 1. The highest BCUT2D eigenvalue weighted by atomic mass is 35.5. The van der Waals surface area contributed by atoms with Gasteiger partial charge in [-0.05, 0) is 52.0 Å². The van der Waals surface area contributed by atoms with Gasteiger partial charge in [0, 0.05) is 18.0 Å². The Kier molecular flexibility index (Phi) is 5.99. The molecule has 2 heteroatoms. The van der Waals surface area contributed by atoms with Crippen LogP contribution in [0.4, 0.5) is 0 Å². The molecule has 0 spiro atoms. The molecule has 1 saturated heterocycles. The summed E-state index contributed by atoms with van der Waals surface area (Å²) < 4.78 is 0. The highest BCUT2D eigenvalue weighted by Gasteiger charge is 2.24. The lowest BCUT2D eigenvalue weighted by Crippen LogP contribution is -2.44. The molecular formula is C13H26ClN. The van der Waals surface area contributed by atoms with Crippen molar-refractivity contribution in [2.45, 2.75) is 65.0 Å². The van der Waals surface area contributed by atoms with Gasteiger partial charge in [0.1, 0.15) is 0 Å². The van der Waals surface area contributed by atoms with Crippen LogP contribution >= 0.6 is 11.6 Å². The topological polar surface area (TPSA) is 3.24 Å². The molecule has 1 aliphatic rings. The number of rotatable bonds is 5. The van der Waals surface area contributed by atoms with Crippen molar-refractivity contribution in [1.29, 1.82) is 0 Å². The molecule has 0 aromatic rings. The van der Waals surface area contributed by atoms with Crippen LogP contribution in [0.1, 0.15) is 52.9 Å². The monoisotopic (exact) mass is 231 g/mol. The molecule has 15 heavy (non-hydrogen) atoms. The minimum atomic E-state index is 0.781. The predicted octanol–water partition coefficient (Wildman–Crippen LogP) is 3.90. The fraction of sp³-hybridized carbons (Fsp3) is 1.00. The van der Waals surface area contributed by atoms with Crippen LogP contribution in [0.25, 0.3) is 0 Å². The van der Waals surface area contributed by atoms with Gasteiger partial charge in [-0.15, -0.1) is 11.6 Å². The van der Waals surface area contributed by atoms with Crippen molar-refractivity contribution in [2.24, 2.45) is 5.92 Å². The molecule has 1 rings (SSSR count). The smallest absolute Gasteiger partial charge is 0.0225 e. The molecule has 0 amide bonds. The lowest BCUT2D eigenvalue weighted by molar-refractivity contribution is 0.0967. The summed E-state index contributed by atoms with van der Waals surface area (Å²) in [5.74, 6) is 1.59. The van der Waals surface area contributed by atoms with Crippen LogP contribution in [0.2, 0.25) is 0 Å². The van der Waals surface area contributed by atoms with Gasteiger partial charge in [0.15, 0.2) is 0 Å². The first-order valence-electron chi connectivity index (χ1n) is 6.46. The Hall–Kier alpha value is 0.250. The summed E-state index contributed by atoms with van der Waals surface area (Å²) in [5, 5.41) is 0. The second-order valence-electron chi connectivity index (χ2n) is 5.24. The highest BCUT2D eigenvalue weighted by molar-refractivity contribution is 6.17. The van der Waals surface area contributed by atoms with E-state index < -0.39 is 0 Å². The van der Waals surface area contributed by atoms with Crippen LogP contribution in [-0.2, 0) is 0 Å². The van der Waals surface area contributed by atoms with Gasteiger partial charge in [0.2, 0.25) is 0 Å². The van der Waals surface area contributed by atoms with Gasteiger partial charge in [-0.3, -0.25) is 4.90 Å². The maximum Gasteiger partial charge on any atom is 0.0225 e. The van der Waals surface area contributed by atoms with Crippen LogP contribution in [0.15, 0.2) is 0 Å². The Bertz CT molecular complexity index is 162. The standard InChI is InChI=1S/C13H26ClN/c1-11(7-9-14)8-10-15-12(2)5-4-6-13(15)3/h11-13H,4-10H2,1-3H3. The molecular weight excluding hydrogens is 206 g/mol. The summed E-state index contributed by atoms with van der Waals surface area (Å²) in [7, 11) is 0. The van der Waals surface area contributed by atoms with E-state index in [0.29, 0.717) is 0 Å². The number of hydrogen-bond donors (Lipinski definition) is 0. The lowest BCUT2D eigenvalue weighted by atomic mass is 9.96. The van der Waals surface area contributed by atoms with Gasteiger partial charge < -0.3 is 0 Å². The zero-order chi connectivity index (χ0) is 11.3. The van der Waals surface area contributed by atoms with E-state index in [1.54, 1.807) is 0 Å². The Morgan fingerprint density at radius 3 is 2.33 bits per heavy atom. The number of hydrogen-bond acceptors (Lipinski definition) is 1. The normalized spacial score (nSPS) is 30.4. The molecule has 0 radical (unpaired) electrons. The fourth-order valence-corrected chi connectivity index (χ4v) is 2.99. The number of piperidine rings is 1. The second kappa shape index (κ2) is 6.75. The maximum absolute atomic E-state index is 5.76. The van der Waals surface area contributed by atoms with E-state index in [0.717, 1.165) is 30.3 Å². The number of nitrogens with zero attached hydrogens (tertiary/aromatic N) is 1. The third kappa shape index (κ3) is 4.32. The largest absolute Gasteiger partial charge is 0.298 e. The Labute approximate surface area is 100 Å². The van der Waals surface area contributed by atoms with Crippen LogP contribution < -0.4 is 0 Å². The molecule has 3 unspecified atom stereocenters. The average Bonchev–Trinajstić information content (AvgIpc) is 2.17. The fourth-order valence-electron chi connectivity index (χ4n) is 2.62. The van der Waals surface area contributed by atoms with Crippen molar-refractivity contribution in [3.8, 4) is 0 Å². The van der Waals surface area contributed by atoms with Crippen LogP contribution in [-0.4, -0.2) is 29.4 Å². The van der Waals surface area contributed by atoms with Gasteiger partial charge in [0.05, 0.1) is 0 Å². The second-order valence-corrected chi connectivity index (χ2v) is 5.62. The van der Waals surface area contributed by atoms with Gasteiger partial charge in [-0.1, -0.05) is 13.3 Å². The minimum Gasteiger partial charge on any atom is -0.298 e. The van der Waals surface area contributed by atoms with Gasteiger partial charge in [0.25, 0.3) is 0 Å². The average molecular weight is 232 g/mol. The summed E-state index contributed by atoms with van der Waals surface area (Å²) in [6.07, 6.45) is 6.65. The summed E-state index contributed by atoms with van der Waals surface area (Å²) in [4.78, 5) is 2.69. The maximum atomic E-state index is 5.76. The van der Waals surface area contributed by atoms with Gasteiger partial charge >= 0.3 is 0 Å². The summed E-state index contributed by atoms with van der Waals surface area (Å²) >= 11 is 5.76. The van der Waals surface area contributed by atoms with Crippen molar-refractivity contribution in [1.82, 2.24) is 4.90 Å². The van der Waals surface area contributed by atoms with Crippen molar-refractivity contribution < 1.29 is 0 Å². The van der Waals surface area contributed by atoms with E-state index >= 15 is 0 Å². The van der Waals surface area contributed by atoms with Crippen LogP contribution in [0.5, 0.6) is 0 Å². The molecule has 0 aliphatic carbocycles. The van der Waals surface area contributed by atoms with Crippen molar-refractivity contribution in [3.63, 3.8) is 0 Å². The van der Waals surface area contributed by atoms with Crippen molar-refractivity contribution >= 4 is 11.6 Å². The third-order valence-corrected chi connectivity index (χ3v) is 4.08. The molecule has 1 nitrogen and oxygen atoms in total. The molecule has 0 aromatic carbocycles. The van der Waals surface area contributed by atoms with E-state index in [1.807, 2.05) is 0 Å². The predicted molar refractivity (Wildman–Crippen MR) is 68.6 cm³/mol. The molecule has 1 heterocycles. The molecule has 0 saturated carbocycles. The summed E-state index contributed by atoms with van der Waals surface area (Å²) in [5.41, 5.74) is 0. The van der Waals surface area contributed by atoms with Crippen molar-refractivity contribution in [2.75, 3.05) is 12.4 Å². The molecule has 3 atom stereocenters. The summed E-state index contributed by atoms with van der Waals surface area (Å²) in [6, 6.07) is 1.58. The highest BCUT2D eigenvalue weighted by Crippen LogP contribution is 2.23. The lowest BCUT2D eigenvalue weighted by Gasteiger charge is -2.39. The molecule has 0 aromatic heterocycles. The van der Waals surface area contributed by atoms with Crippen LogP contribution in [0, 0.1) is 5.92 Å². The molecule has 0 bridgehead atoms. The third-order valence-electron chi connectivity index (χ3n) is 3.86. The molecule has 0 N–H and O–H groups in total. The Morgan fingerprint density at radius 1 is 1.20 bits per heavy atom. The first kappa shape index (κ1) is 13.3. The van der Waals surface area contributed by atoms with E-state index in [9.17, 15) is 0 Å². The molecule has 1 fully saturated rings. The number of alkyl halides is 1. The van der Waals surface area contributed by atoms with Gasteiger partial charge in [-0.25, -0.2) is 0 Å². The molecule has 90 valence electrons. The Morgan fingerprint density at radius 2 is 1.80 bits per heavy atom. The SMILES string of the molecule is CC(CCCl)CCN1C(C)CCCC1C. The first-order chi connectivity index (χ1) is 7.15. The van der Waals surface area contributed by atoms with E-state index in [4.69, 9.17) is 11.6 Å². The Balaban J connectivity index is 2.28. The minimum absolute atomic E-state index is 0.781. The quantitative estimate of drug-likeness (QED) is 0.649. The van der Waals surface area contributed by atoms with E-state index in [2.05, 4.69) is 25.7 Å². The van der Waals surface area contributed by atoms with Gasteiger partial charge in [-0.2, -0.15) is 0 Å². The first-order valence-corrected chi connectivity index (χ1v) is 7.00. The summed E-state index contributed by atoms with van der Waals surface area (Å²) in [6.45, 7) is 8.34. The molecule has 1 aliphatic heterocycles. The van der Waals surface area contributed by atoms with E-state index in [1.165, 1.54) is 32.2 Å². The van der Waals surface area contributed by atoms with E-state index in [-0.39, 0.29) is 0 Å². The zero-order valence-corrected chi connectivity index (χ0v) is 11.3. The zero-order valence-electron chi connectivity index (χ0n) is 10.5. The number of likely N-dealkylation sites (tertiary alicyclic amines) is 1.